The number of amides is 2. The largest absolute Gasteiger partial charge is 0.477 e. The van der Waals surface area contributed by atoms with Crippen LogP contribution in [0.25, 0.3) is 0 Å². The van der Waals surface area contributed by atoms with Gasteiger partial charge in [0.25, 0.3) is 5.91 Å². The first-order valence-electron chi connectivity index (χ1n) is 12.4. The molecule has 0 radical (unpaired) electrons. The number of nitrogens with zero attached hydrogens (tertiary/aromatic N) is 3. The van der Waals surface area contributed by atoms with Crippen molar-refractivity contribution in [2.75, 3.05) is 46.0 Å². The topological polar surface area (TPSA) is 81.2 Å². The number of pyridine rings is 1. The second-order valence-electron chi connectivity index (χ2n) is 11.0. The van der Waals surface area contributed by atoms with Crippen LogP contribution in [0.3, 0.4) is 0 Å². The summed E-state index contributed by atoms with van der Waals surface area (Å²) >= 11 is 0. The Balaban J connectivity index is 1.22. The van der Waals surface area contributed by atoms with E-state index >= 15 is 0 Å². The maximum absolute atomic E-state index is 13.4. The van der Waals surface area contributed by atoms with Gasteiger partial charge in [-0.1, -0.05) is 0 Å². The molecule has 34 heavy (non-hydrogen) atoms. The molecule has 5 rings (SSSR count). The summed E-state index contributed by atoms with van der Waals surface area (Å²) in [5, 5.41) is 0. The van der Waals surface area contributed by atoms with Crippen LogP contribution in [0, 0.1) is 5.92 Å². The number of aromatic nitrogens is 1. The van der Waals surface area contributed by atoms with Crippen LogP contribution >= 0.6 is 0 Å². The van der Waals surface area contributed by atoms with Crippen LogP contribution in [0.15, 0.2) is 23.3 Å². The van der Waals surface area contributed by atoms with E-state index in [1.807, 2.05) is 31.7 Å². The zero-order valence-electron chi connectivity index (χ0n) is 20.5. The van der Waals surface area contributed by atoms with E-state index in [1.165, 1.54) is 0 Å². The first-order chi connectivity index (χ1) is 16.2. The van der Waals surface area contributed by atoms with Crippen molar-refractivity contribution in [3.63, 3.8) is 0 Å². The lowest BCUT2D eigenvalue weighted by Gasteiger charge is -2.26. The third kappa shape index (κ3) is 5.37. The van der Waals surface area contributed by atoms with Gasteiger partial charge in [-0.15, -0.1) is 0 Å². The second kappa shape index (κ2) is 9.21. The van der Waals surface area contributed by atoms with Crippen molar-refractivity contribution >= 4 is 12.0 Å². The normalized spacial score (nSPS) is 21.1. The van der Waals surface area contributed by atoms with Gasteiger partial charge in [0.15, 0.2) is 0 Å². The van der Waals surface area contributed by atoms with Crippen molar-refractivity contribution in [3.05, 3.63) is 34.5 Å². The minimum atomic E-state index is -0.517. The van der Waals surface area contributed by atoms with Crippen LogP contribution < -0.4 is 4.74 Å². The van der Waals surface area contributed by atoms with Crippen LogP contribution in [0.2, 0.25) is 0 Å². The number of rotatable bonds is 5. The number of hydrogen-bond acceptors (Lipinski definition) is 6. The molecule has 2 fully saturated rings. The van der Waals surface area contributed by atoms with E-state index in [4.69, 9.17) is 19.2 Å². The molecule has 2 amide bonds. The Morgan fingerprint density at radius 1 is 1.00 bits per heavy atom. The summed E-state index contributed by atoms with van der Waals surface area (Å²) in [6.07, 6.45) is 3.93. The van der Waals surface area contributed by atoms with Gasteiger partial charge >= 0.3 is 6.09 Å². The average molecular weight is 470 g/mol. The minimum absolute atomic E-state index is 0.00145. The first kappa shape index (κ1) is 23.1. The summed E-state index contributed by atoms with van der Waals surface area (Å²) in [7, 11) is 0. The highest BCUT2D eigenvalue weighted by Gasteiger charge is 2.36. The Hall–Kier alpha value is -2.61. The van der Waals surface area contributed by atoms with E-state index in [2.05, 4.69) is 0 Å². The zero-order chi connectivity index (χ0) is 23.9. The van der Waals surface area contributed by atoms with Crippen LogP contribution in [-0.4, -0.2) is 78.4 Å². The molecule has 1 saturated heterocycles. The van der Waals surface area contributed by atoms with Gasteiger partial charge < -0.3 is 24.0 Å². The molecule has 1 saturated carbocycles. The SMILES string of the molecule is CC(C)(C)OC(=O)N1CC2=C(C1)CN(C(=O)c1cc(OCC3CCOCC3)nc(C3CC3)c1)C2. The summed E-state index contributed by atoms with van der Waals surface area (Å²) in [5.74, 6) is 1.45. The highest BCUT2D eigenvalue weighted by atomic mass is 16.6. The van der Waals surface area contributed by atoms with Crippen molar-refractivity contribution in [1.82, 2.24) is 14.8 Å². The molecular weight excluding hydrogens is 434 g/mol. The fourth-order valence-electron chi connectivity index (χ4n) is 4.79. The van der Waals surface area contributed by atoms with E-state index in [1.54, 1.807) is 11.0 Å². The summed E-state index contributed by atoms with van der Waals surface area (Å²) in [6, 6.07) is 3.74. The molecule has 0 N–H and O–H groups in total. The quantitative estimate of drug-likeness (QED) is 0.611. The molecule has 184 valence electrons. The molecular formula is C26H35N3O5. The zero-order valence-corrected chi connectivity index (χ0v) is 20.5. The van der Waals surface area contributed by atoms with Gasteiger partial charge in [0.05, 0.1) is 6.61 Å². The number of carbonyl (C=O) groups is 2. The molecule has 1 aliphatic carbocycles. The molecule has 4 heterocycles. The van der Waals surface area contributed by atoms with Crippen LogP contribution in [0.5, 0.6) is 5.88 Å². The van der Waals surface area contributed by atoms with Gasteiger partial charge in [0.2, 0.25) is 5.88 Å². The minimum Gasteiger partial charge on any atom is -0.477 e. The van der Waals surface area contributed by atoms with Gasteiger partial charge in [-0.05, 0) is 69.6 Å². The van der Waals surface area contributed by atoms with Crippen molar-refractivity contribution < 1.29 is 23.8 Å². The van der Waals surface area contributed by atoms with Crippen molar-refractivity contribution in [1.29, 1.82) is 0 Å². The van der Waals surface area contributed by atoms with E-state index < -0.39 is 5.60 Å². The highest BCUT2D eigenvalue weighted by molar-refractivity contribution is 5.95. The highest BCUT2D eigenvalue weighted by Crippen LogP contribution is 2.40. The molecule has 0 aromatic carbocycles. The van der Waals surface area contributed by atoms with Gasteiger partial charge in [-0.25, -0.2) is 9.78 Å². The fourth-order valence-corrected chi connectivity index (χ4v) is 4.79. The van der Waals surface area contributed by atoms with Gasteiger partial charge in [0, 0.05) is 62.6 Å². The molecule has 3 aliphatic heterocycles. The summed E-state index contributed by atoms with van der Waals surface area (Å²) in [5.41, 5.74) is 3.38. The maximum atomic E-state index is 13.4. The number of hydrogen-bond donors (Lipinski definition) is 0. The van der Waals surface area contributed by atoms with E-state index in [0.29, 0.717) is 56.1 Å². The van der Waals surface area contributed by atoms with Crippen molar-refractivity contribution in [2.24, 2.45) is 5.92 Å². The van der Waals surface area contributed by atoms with Gasteiger partial charge in [-0.3, -0.25) is 4.79 Å². The van der Waals surface area contributed by atoms with Gasteiger partial charge in [-0.2, -0.15) is 0 Å². The number of carbonyl (C=O) groups excluding carboxylic acids is 2. The fraction of sp³-hybridized carbons (Fsp3) is 0.654. The monoisotopic (exact) mass is 469 g/mol. The summed E-state index contributed by atoms with van der Waals surface area (Å²) < 4.78 is 17.0. The second-order valence-corrected chi connectivity index (χ2v) is 11.0. The molecule has 0 spiro atoms. The van der Waals surface area contributed by atoms with E-state index in [0.717, 1.165) is 55.7 Å². The Bertz CT molecular complexity index is 971. The smallest absolute Gasteiger partial charge is 0.410 e. The molecule has 0 atom stereocenters. The van der Waals surface area contributed by atoms with Gasteiger partial charge in [0.1, 0.15) is 5.60 Å². The predicted molar refractivity (Wildman–Crippen MR) is 126 cm³/mol. The Kier molecular flexibility index (Phi) is 6.27. The predicted octanol–water partition coefficient (Wildman–Crippen LogP) is 3.77. The number of ether oxygens (including phenoxy) is 3. The molecule has 1 aromatic rings. The molecule has 0 unspecified atom stereocenters. The van der Waals surface area contributed by atoms with Crippen LogP contribution in [-0.2, 0) is 9.47 Å². The Labute approximate surface area is 201 Å². The molecule has 8 heteroatoms. The Morgan fingerprint density at radius 2 is 1.65 bits per heavy atom. The van der Waals surface area contributed by atoms with Crippen LogP contribution in [0.1, 0.15) is 68.4 Å². The van der Waals surface area contributed by atoms with E-state index in [9.17, 15) is 9.59 Å². The van der Waals surface area contributed by atoms with Crippen LogP contribution in [0.4, 0.5) is 4.79 Å². The lowest BCUT2D eigenvalue weighted by molar-refractivity contribution is 0.0294. The lowest BCUT2D eigenvalue weighted by atomic mass is 10.0. The molecule has 0 bridgehead atoms. The van der Waals surface area contributed by atoms with E-state index in [-0.39, 0.29) is 12.0 Å². The first-order valence-corrected chi connectivity index (χ1v) is 12.4. The summed E-state index contributed by atoms with van der Waals surface area (Å²) in [4.78, 5) is 34.1. The Morgan fingerprint density at radius 3 is 2.26 bits per heavy atom. The third-order valence-electron chi connectivity index (χ3n) is 6.84. The molecule has 1 aromatic heterocycles. The summed E-state index contributed by atoms with van der Waals surface area (Å²) in [6.45, 7) is 9.93. The van der Waals surface area contributed by atoms with Crippen molar-refractivity contribution in [3.8, 4) is 5.88 Å². The average Bonchev–Trinajstić information content (AvgIpc) is 3.46. The maximum Gasteiger partial charge on any atom is 0.410 e. The van der Waals surface area contributed by atoms with Crippen molar-refractivity contribution in [2.45, 2.75) is 58.0 Å². The molecule has 8 nitrogen and oxygen atoms in total. The standard InChI is InChI=1S/C26H35N3O5/c1-26(2,3)34-25(31)29-14-20-12-28(13-21(20)15-29)24(30)19-10-22(18-4-5-18)27-23(11-19)33-16-17-6-8-32-9-7-17/h10-11,17-18H,4-9,12-16H2,1-3H3. The third-order valence-corrected chi connectivity index (χ3v) is 6.84. The lowest BCUT2D eigenvalue weighted by Crippen LogP contribution is -2.39. The molecule has 4 aliphatic rings.